The van der Waals surface area contributed by atoms with Crippen LogP contribution in [0.4, 0.5) is 0 Å². The summed E-state index contributed by atoms with van der Waals surface area (Å²) in [5, 5.41) is 0. The highest BCUT2D eigenvalue weighted by Crippen LogP contribution is 2.29. The first-order chi connectivity index (χ1) is 7.74. The van der Waals surface area contributed by atoms with Crippen LogP contribution in [0.15, 0.2) is 0 Å². The van der Waals surface area contributed by atoms with Crippen molar-refractivity contribution in [3.63, 3.8) is 0 Å². The molecule has 4 heteroatoms. The van der Waals surface area contributed by atoms with E-state index in [2.05, 4.69) is 4.90 Å². The van der Waals surface area contributed by atoms with Crippen LogP contribution in [-0.2, 0) is 4.79 Å². The van der Waals surface area contributed by atoms with Gasteiger partial charge in [0.15, 0.2) is 0 Å². The van der Waals surface area contributed by atoms with Crippen molar-refractivity contribution < 1.29 is 4.79 Å². The third-order valence-corrected chi connectivity index (χ3v) is 3.96. The molecule has 1 amide bonds. The lowest BCUT2D eigenvalue weighted by molar-refractivity contribution is -0.132. The second-order valence-corrected chi connectivity index (χ2v) is 5.03. The molecule has 1 atom stereocenters. The van der Waals surface area contributed by atoms with Gasteiger partial charge in [-0.3, -0.25) is 9.69 Å². The van der Waals surface area contributed by atoms with Gasteiger partial charge in [0.2, 0.25) is 5.91 Å². The SMILES string of the molecule is CN1CCC(N(CCCN)C2CCC2)C1=O. The Bertz CT molecular complexity index is 253. The van der Waals surface area contributed by atoms with E-state index in [1.54, 1.807) is 0 Å². The number of nitrogens with two attached hydrogens (primary N) is 1. The van der Waals surface area contributed by atoms with Crippen LogP contribution < -0.4 is 5.73 Å². The lowest BCUT2D eigenvalue weighted by atomic mass is 9.90. The number of rotatable bonds is 5. The number of nitrogens with zero attached hydrogens (tertiary/aromatic N) is 2. The van der Waals surface area contributed by atoms with E-state index in [1.807, 2.05) is 11.9 Å². The Morgan fingerprint density at radius 1 is 1.44 bits per heavy atom. The fourth-order valence-corrected chi connectivity index (χ4v) is 2.70. The third kappa shape index (κ3) is 2.23. The maximum atomic E-state index is 12.0. The van der Waals surface area contributed by atoms with E-state index in [-0.39, 0.29) is 6.04 Å². The fourth-order valence-electron chi connectivity index (χ4n) is 2.70. The second kappa shape index (κ2) is 5.15. The quantitative estimate of drug-likeness (QED) is 0.738. The van der Waals surface area contributed by atoms with Gasteiger partial charge in [0, 0.05) is 26.2 Å². The third-order valence-electron chi connectivity index (χ3n) is 3.96. The molecule has 0 aromatic rings. The molecule has 0 aromatic heterocycles. The van der Waals surface area contributed by atoms with Crippen molar-refractivity contribution in [1.29, 1.82) is 0 Å². The fraction of sp³-hybridized carbons (Fsp3) is 0.917. The van der Waals surface area contributed by atoms with Gasteiger partial charge in [-0.1, -0.05) is 6.42 Å². The van der Waals surface area contributed by atoms with Gasteiger partial charge < -0.3 is 10.6 Å². The zero-order valence-corrected chi connectivity index (χ0v) is 10.2. The van der Waals surface area contributed by atoms with E-state index in [9.17, 15) is 4.79 Å². The summed E-state index contributed by atoms with van der Waals surface area (Å²) in [4.78, 5) is 16.3. The van der Waals surface area contributed by atoms with Gasteiger partial charge in [0.25, 0.3) is 0 Å². The first-order valence-electron chi connectivity index (χ1n) is 6.45. The molecule has 2 aliphatic rings. The summed E-state index contributed by atoms with van der Waals surface area (Å²) in [6.45, 7) is 2.63. The Balaban J connectivity index is 1.97. The zero-order chi connectivity index (χ0) is 11.5. The van der Waals surface area contributed by atoms with Crippen molar-refractivity contribution in [3.05, 3.63) is 0 Å². The van der Waals surface area contributed by atoms with Gasteiger partial charge in [-0.25, -0.2) is 0 Å². The average molecular weight is 225 g/mol. The van der Waals surface area contributed by atoms with Crippen LogP contribution in [0.1, 0.15) is 32.1 Å². The largest absolute Gasteiger partial charge is 0.344 e. The van der Waals surface area contributed by atoms with E-state index in [0.717, 1.165) is 32.5 Å². The van der Waals surface area contributed by atoms with E-state index in [0.29, 0.717) is 11.9 Å². The summed E-state index contributed by atoms with van der Waals surface area (Å²) in [6.07, 6.45) is 5.84. The zero-order valence-electron chi connectivity index (χ0n) is 10.2. The minimum atomic E-state index is 0.141. The number of hydrogen-bond donors (Lipinski definition) is 1. The van der Waals surface area contributed by atoms with Gasteiger partial charge in [0.05, 0.1) is 6.04 Å². The number of amides is 1. The summed E-state index contributed by atoms with van der Waals surface area (Å²) in [7, 11) is 1.91. The summed E-state index contributed by atoms with van der Waals surface area (Å²) >= 11 is 0. The summed E-state index contributed by atoms with van der Waals surface area (Å²) < 4.78 is 0. The maximum Gasteiger partial charge on any atom is 0.239 e. The predicted octanol–water partition coefficient (Wildman–Crippen LogP) is 0.420. The van der Waals surface area contributed by atoms with Gasteiger partial charge in [-0.2, -0.15) is 0 Å². The topological polar surface area (TPSA) is 49.6 Å². The Kier molecular flexibility index (Phi) is 3.82. The molecule has 1 saturated carbocycles. The molecule has 0 aromatic carbocycles. The van der Waals surface area contributed by atoms with Crippen LogP contribution in [0, 0.1) is 0 Å². The molecule has 1 aliphatic carbocycles. The normalized spacial score (nSPS) is 26.6. The average Bonchev–Trinajstić information content (AvgIpc) is 2.52. The molecule has 4 nitrogen and oxygen atoms in total. The second-order valence-electron chi connectivity index (χ2n) is 5.03. The Morgan fingerprint density at radius 2 is 2.19 bits per heavy atom. The number of likely N-dealkylation sites (tertiary alicyclic amines) is 1. The highest BCUT2D eigenvalue weighted by atomic mass is 16.2. The first kappa shape index (κ1) is 11.9. The van der Waals surface area contributed by atoms with E-state index >= 15 is 0 Å². The van der Waals surface area contributed by atoms with Gasteiger partial charge in [0.1, 0.15) is 0 Å². The minimum Gasteiger partial charge on any atom is -0.344 e. The molecule has 16 heavy (non-hydrogen) atoms. The highest BCUT2D eigenvalue weighted by molar-refractivity contribution is 5.83. The minimum absolute atomic E-state index is 0.141. The highest BCUT2D eigenvalue weighted by Gasteiger charge is 2.38. The van der Waals surface area contributed by atoms with Gasteiger partial charge in [-0.15, -0.1) is 0 Å². The molecule has 0 bridgehead atoms. The molecule has 2 rings (SSSR count). The van der Waals surface area contributed by atoms with Gasteiger partial charge >= 0.3 is 0 Å². The molecule has 2 fully saturated rings. The lowest BCUT2D eigenvalue weighted by Crippen LogP contribution is -2.50. The Morgan fingerprint density at radius 3 is 2.62 bits per heavy atom. The number of likely N-dealkylation sites (N-methyl/N-ethyl adjacent to an activating group) is 1. The Labute approximate surface area is 97.8 Å². The van der Waals surface area contributed by atoms with Crippen molar-refractivity contribution in [2.45, 2.75) is 44.2 Å². The van der Waals surface area contributed by atoms with Crippen LogP contribution in [0.3, 0.4) is 0 Å². The van der Waals surface area contributed by atoms with Crippen molar-refractivity contribution in [3.8, 4) is 0 Å². The molecule has 1 saturated heterocycles. The molecule has 1 heterocycles. The standard InChI is InChI=1S/C12H23N3O/c1-14-9-6-11(12(14)16)15(8-3-7-13)10-4-2-5-10/h10-11H,2-9,13H2,1H3. The molecule has 1 unspecified atom stereocenters. The van der Waals surface area contributed by atoms with Crippen LogP contribution in [-0.4, -0.2) is 54.5 Å². The predicted molar refractivity (Wildman–Crippen MR) is 64.1 cm³/mol. The molecular weight excluding hydrogens is 202 g/mol. The van der Waals surface area contributed by atoms with E-state index in [4.69, 9.17) is 5.73 Å². The van der Waals surface area contributed by atoms with Crippen molar-refractivity contribution >= 4 is 5.91 Å². The van der Waals surface area contributed by atoms with Crippen LogP contribution in [0.25, 0.3) is 0 Å². The number of hydrogen-bond acceptors (Lipinski definition) is 3. The molecule has 0 radical (unpaired) electrons. The summed E-state index contributed by atoms with van der Waals surface area (Å²) in [5.74, 6) is 0.309. The molecule has 2 N–H and O–H groups in total. The van der Waals surface area contributed by atoms with E-state index < -0.39 is 0 Å². The monoisotopic (exact) mass is 225 g/mol. The molecule has 1 aliphatic heterocycles. The van der Waals surface area contributed by atoms with Crippen molar-refractivity contribution in [2.75, 3.05) is 26.7 Å². The maximum absolute atomic E-state index is 12.0. The Hall–Kier alpha value is -0.610. The smallest absolute Gasteiger partial charge is 0.239 e. The summed E-state index contributed by atoms with van der Waals surface area (Å²) in [6, 6.07) is 0.786. The molecular formula is C12H23N3O. The lowest BCUT2D eigenvalue weighted by Gasteiger charge is -2.40. The summed E-state index contributed by atoms with van der Waals surface area (Å²) in [5.41, 5.74) is 5.58. The number of carbonyl (C=O) groups excluding carboxylic acids is 1. The molecule has 0 spiro atoms. The van der Waals surface area contributed by atoms with Crippen LogP contribution in [0.5, 0.6) is 0 Å². The first-order valence-corrected chi connectivity index (χ1v) is 6.45. The van der Waals surface area contributed by atoms with Gasteiger partial charge in [-0.05, 0) is 32.2 Å². The number of carbonyl (C=O) groups is 1. The van der Waals surface area contributed by atoms with Crippen molar-refractivity contribution in [2.24, 2.45) is 5.73 Å². The molecule has 92 valence electrons. The van der Waals surface area contributed by atoms with Crippen molar-refractivity contribution in [1.82, 2.24) is 9.80 Å². The van der Waals surface area contributed by atoms with Crippen LogP contribution in [0.2, 0.25) is 0 Å². The van der Waals surface area contributed by atoms with E-state index in [1.165, 1.54) is 19.3 Å². The van der Waals surface area contributed by atoms with Crippen LogP contribution >= 0.6 is 0 Å².